The third-order valence-electron chi connectivity index (χ3n) is 5.39. The normalized spacial score (nSPS) is 20.9. The van der Waals surface area contributed by atoms with Crippen molar-refractivity contribution < 1.29 is 14.6 Å². The van der Waals surface area contributed by atoms with Crippen LogP contribution >= 0.6 is 0 Å². The van der Waals surface area contributed by atoms with Crippen LogP contribution in [0.2, 0.25) is 0 Å². The Kier molecular flexibility index (Phi) is 15.9. The van der Waals surface area contributed by atoms with Crippen molar-refractivity contribution in [3.05, 3.63) is 0 Å². The predicted molar refractivity (Wildman–Crippen MR) is 106 cm³/mol. The van der Waals surface area contributed by atoms with Gasteiger partial charge in [-0.1, -0.05) is 90.4 Å². The molecule has 0 radical (unpaired) electrons. The SMILES string of the molecule is CCCCCCCCCCCCCCCCO[C@@H]1CCCO[C@H]1CO. The highest BCUT2D eigenvalue weighted by Crippen LogP contribution is 2.18. The number of aliphatic hydroxyl groups is 1. The number of rotatable bonds is 17. The lowest BCUT2D eigenvalue weighted by Crippen LogP contribution is -2.39. The fourth-order valence-electron chi connectivity index (χ4n) is 3.70. The molecule has 1 aliphatic heterocycles. The minimum absolute atomic E-state index is 0.0867. The summed E-state index contributed by atoms with van der Waals surface area (Å²) in [5, 5.41) is 9.28. The van der Waals surface area contributed by atoms with Crippen molar-refractivity contribution in [3.8, 4) is 0 Å². The van der Waals surface area contributed by atoms with Gasteiger partial charge in [-0.2, -0.15) is 0 Å². The third kappa shape index (κ3) is 12.8. The maximum Gasteiger partial charge on any atom is 0.107 e. The van der Waals surface area contributed by atoms with Crippen molar-refractivity contribution in [2.75, 3.05) is 19.8 Å². The maximum atomic E-state index is 9.28. The molecule has 25 heavy (non-hydrogen) atoms. The summed E-state index contributed by atoms with van der Waals surface area (Å²) in [6.07, 6.45) is 21.5. The Morgan fingerprint density at radius 3 is 1.84 bits per heavy atom. The summed E-state index contributed by atoms with van der Waals surface area (Å²) in [7, 11) is 0. The highest BCUT2D eigenvalue weighted by Gasteiger charge is 2.25. The number of hydrogen-bond donors (Lipinski definition) is 1. The van der Waals surface area contributed by atoms with Gasteiger partial charge in [-0.05, 0) is 19.3 Å². The lowest BCUT2D eigenvalue weighted by molar-refractivity contribution is -0.122. The summed E-state index contributed by atoms with van der Waals surface area (Å²) in [5.41, 5.74) is 0. The van der Waals surface area contributed by atoms with Gasteiger partial charge in [0.1, 0.15) is 6.10 Å². The van der Waals surface area contributed by atoms with Gasteiger partial charge in [-0.15, -0.1) is 0 Å². The largest absolute Gasteiger partial charge is 0.394 e. The molecule has 0 unspecified atom stereocenters. The number of hydrogen-bond acceptors (Lipinski definition) is 3. The lowest BCUT2D eigenvalue weighted by Gasteiger charge is -2.30. The number of ether oxygens (including phenoxy) is 2. The molecule has 1 saturated heterocycles. The molecule has 0 aromatic carbocycles. The van der Waals surface area contributed by atoms with Crippen LogP contribution in [0.3, 0.4) is 0 Å². The van der Waals surface area contributed by atoms with E-state index < -0.39 is 0 Å². The topological polar surface area (TPSA) is 38.7 Å². The molecule has 0 spiro atoms. The van der Waals surface area contributed by atoms with Crippen molar-refractivity contribution in [2.45, 2.75) is 122 Å². The zero-order chi connectivity index (χ0) is 18.0. The van der Waals surface area contributed by atoms with Crippen LogP contribution < -0.4 is 0 Å². The molecule has 0 aromatic heterocycles. The van der Waals surface area contributed by atoms with Crippen molar-refractivity contribution in [1.29, 1.82) is 0 Å². The van der Waals surface area contributed by atoms with Crippen LogP contribution in [0.1, 0.15) is 110 Å². The van der Waals surface area contributed by atoms with E-state index in [1.54, 1.807) is 0 Å². The Balaban J connectivity index is 1.76. The highest BCUT2D eigenvalue weighted by atomic mass is 16.5. The van der Waals surface area contributed by atoms with E-state index in [-0.39, 0.29) is 18.8 Å². The Labute approximate surface area is 156 Å². The van der Waals surface area contributed by atoms with E-state index in [0.717, 1.165) is 32.5 Å². The van der Waals surface area contributed by atoms with Crippen LogP contribution in [0.4, 0.5) is 0 Å². The van der Waals surface area contributed by atoms with E-state index >= 15 is 0 Å². The number of unbranched alkanes of at least 4 members (excludes halogenated alkanes) is 13. The molecule has 0 amide bonds. The Morgan fingerprint density at radius 1 is 0.800 bits per heavy atom. The molecule has 1 rings (SSSR count). The molecular weight excluding hydrogens is 312 g/mol. The fraction of sp³-hybridized carbons (Fsp3) is 1.00. The predicted octanol–water partition coefficient (Wildman–Crippen LogP) is 6.02. The monoisotopic (exact) mass is 356 g/mol. The van der Waals surface area contributed by atoms with E-state index in [0.29, 0.717) is 0 Å². The first-order valence-corrected chi connectivity index (χ1v) is 11.2. The van der Waals surface area contributed by atoms with E-state index in [4.69, 9.17) is 9.47 Å². The summed E-state index contributed by atoms with van der Waals surface area (Å²) in [6, 6.07) is 0. The Hall–Kier alpha value is -0.120. The van der Waals surface area contributed by atoms with Crippen LogP contribution in [0, 0.1) is 0 Å². The first-order chi connectivity index (χ1) is 12.4. The molecule has 0 aromatic rings. The average Bonchev–Trinajstić information content (AvgIpc) is 2.65. The van der Waals surface area contributed by atoms with Crippen LogP contribution in [-0.4, -0.2) is 37.1 Å². The van der Waals surface area contributed by atoms with Gasteiger partial charge >= 0.3 is 0 Å². The Morgan fingerprint density at radius 2 is 1.32 bits per heavy atom. The van der Waals surface area contributed by atoms with E-state index in [1.165, 1.54) is 83.5 Å². The van der Waals surface area contributed by atoms with Crippen molar-refractivity contribution >= 4 is 0 Å². The van der Waals surface area contributed by atoms with Gasteiger partial charge < -0.3 is 14.6 Å². The van der Waals surface area contributed by atoms with Gasteiger partial charge in [0.2, 0.25) is 0 Å². The van der Waals surface area contributed by atoms with Gasteiger partial charge in [0.15, 0.2) is 0 Å². The zero-order valence-corrected chi connectivity index (χ0v) is 16.9. The van der Waals surface area contributed by atoms with Crippen molar-refractivity contribution in [1.82, 2.24) is 0 Å². The molecule has 0 aliphatic carbocycles. The van der Waals surface area contributed by atoms with Crippen LogP contribution in [0.5, 0.6) is 0 Å². The molecule has 0 saturated carbocycles. The van der Waals surface area contributed by atoms with E-state index in [9.17, 15) is 5.11 Å². The number of aliphatic hydroxyl groups excluding tert-OH is 1. The first kappa shape index (κ1) is 22.9. The molecule has 2 atom stereocenters. The second-order valence-electron chi connectivity index (χ2n) is 7.74. The summed E-state index contributed by atoms with van der Waals surface area (Å²) in [5.74, 6) is 0. The molecule has 1 aliphatic rings. The minimum Gasteiger partial charge on any atom is -0.394 e. The lowest BCUT2D eigenvalue weighted by atomic mass is 10.0. The second kappa shape index (κ2) is 17.3. The Bertz CT molecular complexity index is 270. The molecule has 1 fully saturated rings. The van der Waals surface area contributed by atoms with Gasteiger partial charge in [0.05, 0.1) is 12.7 Å². The van der Waals surface area contributed by atoms with Gasteiger partial charge in [-0.3, -0.25) is 0 Å². The molecule has 3 heteroatoms. The quantitative estimate of drug-likeness (QED) is 0.324. The van der Waals surface area contributed by atoms with Gasteiger partial charge in [-0.25, -0.2) is 0 Å². The third-order valence-corrected chi connectivity index (χ3v) is 5.39. The van der Waals surface area contributed by atoms with Gasteiger partial charge in [0.25, 0.3) is 0 Å². The van der Waals surface area contributed by atoms with Crippen molar-refractivity contribution in [2.24, 2.45) is 0 Å². The molecule has 3 nitrogen and oxygen atoms in total. The van der Waals surface area contributed by atoms with Crippen molar-refractivity contribution in [3.63, 3.8) is 0 Å². The molecule has 150 valence electrons. The van der Waals surface area contributed by atoms with E-state index in [1.807, 2.05) is 0 Å². The molecule has 1 N–H and O–H groups in total. The van der Waals surface area contributed by atoms with Crippen LogP contribution in [-0.2, 0) is 9.47 Å². The zero-order valence-electron chi connectivity index (χ0n) is 16.9. The van der Waals surface area contributed by atoms with Crippen LogP contribution in [0.25, 0.3) is 0 Å². The molecular formula is C22H44O3. The first-order valence-electron chi connectivity index (χ1n) is 11.2. The molecule has 1 heterocycles. The summed E-state index contributed by atoms with van der Waals surface area (Å²) >= 11 is 0. The smallest absolute Gasteiger partial charge is 0.107 e. The average molecular weight is 357 g/mol. The standard InChI is InChI=1S/C22H44O3/c1-2-3-4-5-6-7-8-9-10-11-12-13-14-15-18-24-21-17-16-19-25-22(21)20-23/h21-23H,2-20H2,1H3/t21-,22+/m1/s1. The van der Waals surface area contributed by atoms with Gasteiger partial charge in [0, 0.05) is 13.2 Å². The highest BCUT2D eigenvalue weighted by molar-refractivity contribution is 4.74. The molecule has 0 bridgehead atoms. The van der Waals surface area contributed by atoms with E-state index in [2.05, 4.69) is 6.92 Å². The summed E-state index contributed by atoms with van der Waals surface area (Å²) < 4.78 is 11.4. The minimum atomic E-state index is -0.0969. The second-order valence-corrected chi connectivity index (χ2v) is 7.74. The fourth-order valence-corrected chi connectivity index (χ4v) is 3.70. The summed E-state index contributed by atoms with van der Waals surface area (Å²) in [6.45, 7) is 3.96. The maximum absolute atomic E-state index is 9.28. The van der Waals surface area contributed by atoms with Crippen LogP contribution in [0.15, 0.2) is 0 Å². The summed E-state index contributed by atoms with van der Waals surface area (Å²) in [4.78, 5) is 0.